The fourth-order valence-electron chi connectivity index (χ4n) is 3.03. The maximum absolute atomic E-state index is 12.9. The number of sulfonamides is 1. The molecule has 0 atom stereocenters. The van der Waals surface area contributed by atoms with E-state index in [1.807, 2.05) is 35.1 Å². The number of benzene rings is 1. The number of carbonyl (C=O) groups is 1. The molecule has 160 valence electrons. The quantitative estimate of drug-likeness (QED) is 0.534. The first kappa shape index (κ1) is 22.0. The predicted molar refractivity (Wildman–Crippen MR) is 117 cm³/mol. The molecule has 0 fully saturated rings. The normalized spacial score (nSPS) is 11.6. The van der Waals surface area contributed by atoms with Crippen LogP contribution in [0.4, 0.5) is 4.79 Å². The van der Waals surface area contributed by atoms with Crippen LogP contribution in [0.25, 0.3) is 11.1 Å². The average molecular weight is 448 g/mol. The number of H-pyrrole nitrogens is 1. The molecule has 0 bridgehead atoms. The van der Waals surface area contributed by atoms with E-state index in [1.165, 1.54) is 11.3 Å². The Morgan fingerprint density at radius 3 is 2.60 bits per heavy atom. The summed E-state index contributed by atoms with van der Waals surface area (Å²) in [6.45, 7) is 5.86. The van der Waals surface area contributed by atoms with Gasteiger partial charge in [0, 0.05) is 29.3 Å². The van der Waals surface area contributed by atoms with Crippen LogP contribution in [-0.2, 0) is 27.6 Å². The average Bonchev–Trinajstić information content (AvgIpc) is 3.32. The van der Waals surface area contributed by atoms with Crippen molar-refractivity contribution < 1.29 is 17.9 Å². The van der Waals surface area contributed by atoms with Gasteiger partial charge in [0.1, 0.15) is 10.0 Å². The number of nitrogens with one attached hydrogen (secondary N) is 2. The molecule has 2 aromatic heterocycles. The van der Waals surface area contributed by atoms with E-state index < -0.39 is 16.1 Å². The molecule has 2 heterocycles. The molecule has 1 amide bonds. The van der Waals surface area contributed by atoms with E-state index in [1.54, 1.807) is 19.3 Å². The molecule has 0 saturated heterocycles. The third kappa shape index (κ3) is 5.48. The molecule has 9 heteroatoms. The van der Waals surface area contributed by atoms with Gasteiger partial charge < -0.3 is 9.72 Å². The van der Waals surface area contributed by atoms with Gasteiger partial charge in [0.25, 0.3) is 10.0 Å². The van der Waals surface area contributed by atoms with Crippen LogP contribution in [0.15, 0.2) is 46.9 Å². The van der Waals surface area contributed by atoms with Crippen molar-refractivity contribution in [2.45, 2.75) is 37.8 Å². The first-order chi connectivity index (χ1) is 14.3. The van der Waals surface area contributed by atoms with Crippen LogP contribution in [0, 0.1) is 5.92 Å². The van der Waals surface area contributed by atoms with E-state index in [4.69, 9.17) is 4.74 Å². The summed E-state index contributed by atoms with van der Waals surface area (Å²) < 4.78 is 32.6. The van der Waals surface area contributed by atoms with E-state index in [0.717, 1.165) is 28.2 Å². The second kappa shape index (κ2) is 9.44. The second-order valence-corrected chi connectivity index (χ2v) is 10.3. The standard InChI is InChI=1S/C21H25N3O4S2/c1-4-28-21(25)24-30(26,27)20-18(13-17(29-20)11-14(2)3)16-7-5-15(6-8-16)12-19-22-9-10-23-19/h5-10,13-14H,4,11-12H2,1-3H3,(H,22,23)(H,24,25). The summed E-state index contributed by atoms with van der Waals surface area (Å²) in [5.41, 5.74) is 2.41. The maximum Gasteiger partial charge on any atom is 0.421 e. The van der Waals surface area contributed by atoms with E-state index in [-0.39, 0.29) is 10.8 Å². The molecule has 0 radical (unpaired) electrons. The largest absolute Gasteiger partial charge is 0.449 e. The summed E-state index contributed by atoms with van der Waals surface area (Å²) in [5, 5.41) is 0. The monoisotopic (exact) mass is 447 g/mol. The zero-order chi connectivity index (χ0) is 21.7. The highest BCUT2D eigenvalue weighted by molar-refractivity contribution is 7.92. The lowest BCUT2D eigenvalue weighted by molar-refractivity contribution is 0.158. The maximum atomic E-state index is 12.9. The Balaban J connectivity index is 1.94. The minimum atomic E-state index is -4.05. The molecule has 3 aromatic rings. The number of aromatic nitrogens is 2. The van der Waals surface area contributed by atoms with Gasteiger partial charge in [0.05, 0.1) is 6.61 Å². The van der Waals surface area contributed by atoms with Crippen LogP contribution in [0.5, 0.6) is 0 Å². The molecule has 30 heavy (non-hydrogen) atoms. The summed E-state index contributed by atoms with van der Waals surface area (Å²) in [7, 11) is -4.05. The van der Waals surface area contributed by atoms with Gasteiger partial charge in [-0.25, -0.2) is 22.9 Å². The van der Waals surface area contributed by atoms with E-state index in [9.17, 15) is 13.2 Å². The van der Waals surface area contributed by atoms with E-state index >= 15 is 0 Å². The van der Waals surface area contributed by atoms with E-state index in [2.05, 4.69) is 23.8 Å². The lowest BCUT2D eigenvalue weighted by Gasteiger charge is -2.08. The fraction of sp³-hybridized carbons (Fsp3) is 0.333. The van der Waals surface area contributed by atoms with Crippen molar-refractivity contribution in [2.24, 2.45) is 5.92 Å². The Morgan fingerprint density at radius 1 is 1.27 bits per heavy atom. The molecule has 3 rings (SSSR count). The van der Waals surface area contributed by atoms with Gasteiger partial charge in [0.2, 0.25) is 0 Å². The Bertz CT molecular complexity index is 1090. The molecule has 0 unspecified atom stereocenters. The Hall–Kier alpha value is -2.65. The number of nitrogens with zero attached hydrogens (tertiary/aromatic N) is 1. The van der Waals surface area contributed by atoms with Crippen LogP contribution in [0.2, 0.25) is 0 Å². The topological polar surface area (TPSA) is 101 Å². The highest BCUT2D eigenvalue weighted by Gasteiger charge is 2.26. The number of imidazole rings is 1. The second-order valence-electron chi connectivity index (χ2n) is 7.25. The van der Waals surface area contributed by atoms with Gasteiger partial charge in [0.15, 0.2) is 0 Å². The van der Waals surface area contributed by atoms with Crippen LogP contribution in [0.3, 0.4) is 0 Å². The van der Waals surface area contributed by atoms with E-state index in [0.29, 0.717) is 17.9 Å². The zero-order valence-corrected chi connectivity index (χ0v) is 18.8. The third-order valence-electron chi connectivity index (χ3n) is 4.29. The SMILES string of the molecule is CCOC(=O)NS(=O)(=O)c1sc(CC(C)C)cc1-c1ccc(Cc2ncc[nH]2)cc1. The number of hydrogen-bond donors (Lipinski definition) is 2. The molecule has 2 N–H and O–H groups in total. The molecule has 0 spiro atoms. The third-order valence-corrected chi connectivity index (χ3v) is 7.29. The molecular formula is C21H25N3O4S2. The van der Waals surface area contributed by atoms with Gasteiger partial charge in [-0.2, -0.15) is 0 Å². The van der Waals surface area contributed by atoms with Crippen LogP contribution >= 0.6 is 11.3 Å². The Kier molecular flexibility index (Phi) is 6.94. The van der Waals surface area contributed by atoms with Crippen molar-refractivity contribution in [3.05, 3.63) is 59.0 Å². The molecule has 0 aliphatic rings. The summed E-state index contributed by atoms with van der Waals surface area (Å²) in [6, 6.07) is 9.58. The van der Waals surface area contributed by atoms with Gasteiger partial charge in [-0.1, -0.05) is 38.1 Å². The van der Waals surface area contributed by atoms with Crippen LogP contribution < -0.4 is 4.72 Å². The predicted octanol–water partition coefficient (Wildman–Crippen LogP) is 4.36. The highest BCUT2D eigenvalue weighted by Crippen LogP contribution is 2.36. The summed E-state index contributed by atoms with van der Waals surface area (Å²) in [5.74, 6) is 1.24. The lowest BCUT2D eigenvalue weighted by atomic mass is 10.0. The van der Waals surface area contributed by atoms with Crippen molar-refractivity contribution in [3.8, 4) is 11.1 Å². The molecular weight excluding hydrogens is 422 g/mol. The van der Waals surface area contributed by atoms with Crippen LogP contribution in [0.1, 0.15) is 37.0 Å². The number of carbonyl (C=O) groups excluding carboxylic acids is 1. The van der Waals surface area contributed by atoms with Crippen molar-refractivity contribution >= 4 is 27.5 Å². The molecule has 0 aliphatic heterocycles. The summed E-state index contributed by atoms with van der Waals surface area (Å²) in [6.07, 6.45) is 3.92. The van der Waals surface area contributed by atoms with Gasteiger partial charge in [-0.15, -0.1) is 11.3 Å². The first-order valence-electron chi connectivity index (χ1n) is 9.68. The summed E-state index contributed by atoms with van der Waals surface area (Å²) in [4.78, 5) is 20.0. The molecule has 0 aliphatic carbocycles. The minimum absolute atomic E-state index is 0.0916. The van der Waals surface area contributed by atoms with Crippen LogP contribution in [-0.4, -0.2) is 31.1 Å². The van der Waals surface area contributed by atoms with Crippen molar-refractivity contribution in [1.82, 2.24) is 14.7 Å². The van der Waals surface area contributed by atoms with Crippen molar-refractivity contribution in [3.63, 3.8) is 0 Å². The molecule has 0 saturated carbocycles. The number of ether oxygens (including phenoxy) is 1. The van der Waals surface area contributed by atoms with Crippen molar-refractivity contribution in [2.75, 3.05) is 6.61 Å². The number of aromatic amines is 1. The van der Waals surface area contributed by atoms with Gasteiger partial charge >= 0.3 is 6.09 Å². The number of hydrogen-bond acceptors (Lipinski definition) is 6. The first-order valence-corrected chi connectivity index (χ1v) is 12.0. The Labute approximate surface area is 180 Å². The zero-order valence-electron chi connectivity index (χ0n) is 17.1. The molecule has 7 nitrogen and oxygen atoms in total. The van der Waals surface area contributed by atoms with Crippen molar-refractivity contribution in [1.29, 1.82) is 0 Å². The number of rotatable bonds is 8. The van der Waals surface area contributed by atoms with Gasteiger partial charge in [-0.05, 0) is 36.5 Å². The highest BCUT2D eigenvalue weighted by atomic mass is 32.2. The summed E-state index contributed by atoms with van der Waals surface area (Å²) >= 11 is 1.18. The minimum Gasteiger partial charge on any atom is -0.449 e. The number of amides is 1. The fourth-order valence-corrected chi connectivity index (χ4v) is 5.87. The lowest BCUT2D eigenvalue weighted by Crippen LogP contribution is -2.30. The number of thiophene rings is 1. The smallest absolute Gasteiger partial charge is 0.421 e. The Morgan fingerprint density at radius 2 is 2.00 bits per heavy atom. The molecule has 1 aromatic carbocycles. The van der Waals surface area contributed by atoms with Gasteiger partial charge in [-0.3, -0.25) is 0 Å².